The highest BCUT2D eigenvalue weighted by Crippen LogP contribution is 2.15. The van der Waals surface area contributed by atoms with Gasteiger partial charge in [0.15, 0.2) is 0 Å². The van der Waals surface area contributed by atoms with Crippen LogP contribution in [0.2, 0.25) is 0 Å². The van der Waals surface area contributed by atoms with Crippen LogP contribution in [0.1, 0.15) is 40.5 Å². The molecule has 1 amide bonds. The Bertz CT molecular complexity index is 277. The molecule has 0 aromatic rings. The monoisotopic (exact) mass is 327 g/mol. The van der Waals surface area contributed by atoms with Gasteiger partial charge < -0.3 is 16.0 Å². The zero-order valence-corrected chi connectivity index (χ0v) is 14.7. The van der Waals surface area contributed by atoms with Gasteiger partial charge in [-0.05, 0) is 39.2 Å². The molecule has 1 aliphatic heterocycles. The lowest BCUT2D eigenvalue weighted by molar-refractivity contribution is -0.125. The summed E-state index contributed by atoms with van der Waals surface area (Å²) < 4.78 is 0. The number of carbonyl (C=O) groups is 1. The van der Waals surface area contributed by atoms with Crippen molar-refractivity contribution >= 4 is 30.7 Å². The maximum atomic E-state index is 11.9. The van der Waals surface area contributed by atoms with Crippen LogP contribution in [0.15, 0.2) is 0 Å². The molecule has 0 aromatic heterocycles. The highest BCUT2D eigenvalue weighted by atomic mass is 35.5. The Morgan fingerprint density at radius 3 is 2.45 bits per heavy atom. The third kappa shape index (κ3) is 7.67. The number of hydrogen-bond donors (Lipinski definition) is 2. The van der Waals surface area contributed by atoms with Crippen LogP contribution >= 0.6 is 24.8 Å². The molecule has 1 heterocycles. The number of hydrogen-bond acceptors (Lipinski definition) is 3. The lowest BCUT2D eigenvalue weighted by Gasteiger charge is -2.33. The first kappa shape index (κ1) is 22.3. The Balaban J connectivity index is 0. The number of nitrogens with two attached hydrogens (primary N) is 1. The summed E-state index contributed by atoms with van der Waals surface area (Å²) in [5.41, 5.74) is 5.74. The van der Waals surface area contributed by atoms with Crippen molar-refractivity contribution in [1.82, 2.24) is 10.2 Å². The van der Waals surface area contributed by atoms with Crippen LogP contribution in [0.5, 0.6) is 0 Å². The van der Waals surface area contributed by atoms with Gasteiger partial charge in [-0.2, -0.15) is 0 Å². The van der Waals surface area contributed by atoms with Crippen LogP contribution in [0, 0.1) is 11.8 Å². The minimum atomic E-state index is -0.118. The summed E-state index contributed by atoms with van der Waals surface area (Å²) in [6.07, 6.45) is 2.61. The summed E-state index contributed by atoms with van der Waals surface area (Å²) in [7, 11) is 0. The largest absolute Gasteiger partial charge is 0.352 e. The summed E-state index contributed by atoms with van der Waals surface area (Å²) in [5.74, 6) is 0.736. The summed E-state index contributed by atoms with van der Waals surface area (Å²) in [5, 5.41) is 3.06. The number of likely N-dealkylation sites (tertiary alicyclic amines) is 1. The van der Waals surface area contributed by atoms with Gasteiger partial charge in [0.2, 0.25) is 5.91 Å². The Hall–Kier alpha value is -0.0300. The Labute approximate surface area is 136 Å². The fourth-order valence-electron chi connectivity index (χ4n) is 2.50. The second kappa shape index (κ2) is 10.7. The van der Waals surface area contributed by atoms with Gasteiger partial charge in [-0.3, -0.25) is 4.79 Å². The van der Waals surface area contributed by atoms with E-state index in [4.69, 9.17) is 5.73 Å². The van der Waals surface area contributed by atoms with Crippen LogP contribution in [-0.2, 0) is 4.79 Å². The number of nitrogens with zero attached hydrogens (tertiary/aromatic N) is 1. The lowest BCUT2D eigenvalue weighted by atomic mass is 10.00. The molecule has 122 valence electrons. The fourth-order valence-corrected chi connectivity index (χ4v) is 2.50. The molecule has 4 atom stereocenters. The van der Waals surface area contributed by atoms with E-state index >= 15 is 0 Å². The number of halogens is 2. The molecule has 0 spiro atoms. The summed E-state index contributed by atoms with van der Waals surface area (Å²) in [6.45, 7) is 11.4. The van der Waals surface area contributed by atoms with Crippen LogP contribution < -0.4 is 11.1 Å². The van der Waals surface area contributed by atoms with Crippen LogP contribution in [0.3, 0.4) is 0 Å². The Kier molecular flexibility index (Phi) is 11.9. The molecule has 4 nitrogen and oxygen atoms in total. The number of carbonyl (C=O) groups excluding carboxylic acids is 1. The van der Waals surface area contributed by atoms with Gasteiger partial charge >= 0.3 is 0 Å². The lowest BCUT2D eigenvalue weighted by Crippen LogP contribution is -2.48. The van der Waals surface area contributed by atoms with E-state index in [-0.39, 0.29) is 48.7 Å². The molecule has 0 radical (unpaired) electrons. The van der Waals surface area contributed by atoms with Gasteiger partial charge in [-0.1, -0.05) is 13.8 Å². The van der Waals surface area contributed by atoms with Crippen molar-refractivity contribution in [3.8, 4) is 0 Å². The van der Waals surface area contributed by atoms with E-state index < -0.39 is 0 Å². The van der Waals surface area contributed by atoms with E-state index in [9.17, 15) is 4.79 Å². The SMILES string of the molecule is CC1CCCN(CC(C)NC(=O)C(C)C(C)N)C1.Cl.Cl. The quantitative estimate of drug-likeness (QED) is 0.812. The smallest absolute Gasteiger partial charge is 0.224 e. The van der Waals surface area contributed by atoms with E-state index in [2.05, 4.69) is 24.1 Å². The molecule has 4 unspecified atom stereocenters. The maximum absolute atomic E-state index is 11.9. The van der Waals surface area contributed by atoms with Gasteiger partial charge in [0, 0.05) is 31.1 Å². The number of amides is 1. The van der Waals surface area contributed by atoms with Crippen molar-refractivity contribution in [2.45, 2.75) is 52.6 Å². The molecule has 3 N–H and O–H groups in total. The summed E-state index contributed by atoms with van der Waals surface area (Å²) in [4.78, 5) is 14.3. The zero-order valence-electron chi connectivity index (χ0n) is 13.1. The predicted molar refractivity (Wildman–Crippen MR) is 89.8 cm³/mol. The van der Waals surface area contributed by atoms with Gasteiger partial charge in [0.25, 0.3) is 0 Å². The van der Waals surface area contributed by atoms with Gasteiger partial charge in [-0.15, -0.1) is 24.8 Å². The Morgan fingerprint density at radius 2 is 1.95 bits per heavy atom. The van der Waals surface area contributed by atoms with E-state index in [1.165, 1.54) is 12.8 Å². The molecule has 1 aliphatic rings. The minimum absolute atomic E-state index is 0. The molecular weight excluding hydrogens is 297 g/mol. The Morgan fingerprint density at radius 1 is 1.35 bits per heavy atom. The highest BCUT2D eigenvalue weighted by molar-refractivity contribution is 5.85. The average Bonchev–Trinajstić information content (AvgIpc) is 2.27. The minimum Gasteiger partial charge on any atom is -0.352 e. The van der Waals surface area contributed by atoms with Gasteiger partial charge in [0.05, 0.1) is 0 Å². The molecule has 1 saturated heterocycles. The van der Waals surface area contributed by atoms with E-state index in [1.54, 1.807) is 0 Å². The molecule has 0 saturated carbocycles. The van der Waals surface area contributed by atoms with Crippen LogP contribution in [-0.4, -0.2) is 42.5 Å². The normalized spacial score (nSPS) is 23.8. The van der Waals surface area contributed by atoms with Crippen LogP contribution in [0.4, 0.5) is 0 Å². The number of nitrogens with one attached hydrogen (secondary N) is 1. The molecular formula is C14H31Cl2N3O. The first-order valence-corrected chi connectivity index (χ1v) is 7.18. The van der Waals surface area contributed by atoms with E-state index in [1.807, 2.05) is 13.8 Å². The topological polar surface area (TPSA) is 58.4 Å². The van der Waals surface area contributed by atoms with E-state index in [0.29, 0.717) is 0 Å². The van der Waals surface area contributed by atoms with Crippen molar-refractivity contribution in [3.63, 3.8) is 0 Å². The van der Waals surface area contributed by atoms with Crippen molar-refractivity contribution in [3.05, 3.63) is 0 Å². The fraction of sp³-hybridized carbons (Fsp3) is 0.929. The third-order valence-corrected chi connectivity index (χ3v) is 3.86. The van der Waals surface area contributed by atoms with Gasteiger partial charge in [-0.25, -0.2) is 0 Å². The molecule has 0 aliphatic carbocycles. The average molecular weight is 328 g/mol. The second-order valence-electron chi connectivity index (χ2n) is 6.06. The standard InChI is InChI=1S/C14H29N3O.2ClH/c1-10-6-5-7-17(8-10)9-11(2)16-14(18)12(3)13(4)15;;/h10-13H,5-9,15H2,1-4H3,(H,16,18);2*1H. The molecule has 0 bridgehead atoms. The summed E-state index contributed by atoms with van der Waals surface area (Å²) >= 11 is 0. The number of rotatable bonds is 5. The third-order valence-electron chi connectivity index (χ3n) is 3.86. The summed E-state index contributed by atoms with van der Waals surface area (Å²) in [6, 6.07) is 0.108. The highest BCUT2D eigenvalue weighted by Gasteiger charge is 2.21. The van der Waals surface area contributed by atoms with Crippen molar-refractivity contribution in [1.29, 1.82) is 0 Å². The van der Waals surface area contributed by atoms with Gasteiger partial charge in [0.1, 0.15) is 0 Å². The van der Waals surface area contributed by atoms with Crippen molar-refractivity contribution in [2.75, 3.05) is 19.6 Å². The zero-order chi connectivity index (χ0) is 13.7. The van der Waals surface area contributed by atoms with E-state index in [0.717, 1.165) is 25.6 Å². The van der Waals surface area contributed by atoms with Crippen LogP contribution in [0.25, 0.3) is 0 Å². The second-order valence-corrected chi connectivity index (χ2v) is 6.06. The first-order chi connectivity index (χ1) is 8.40. The van der Waals surface area contributed by atoms with Crippen molar-refractivity contribution < 1.29 is 4.79 Å². The number of piperidine rings is 1. The molecule has 6 heteroatoms. The molecule has 0 aromatic carbocycles. The predicted octanol–water partition coefficient (Wildman–Crippen LogP) is 2.05. The maximum Gasteiger partial charge on any atom is 0.224 e. The first-order valence-electron chi connectivity index (χ1n) is 7.18. The molecule has 1 fully saturated rings. The molecule has 1 rings (SSSR count). The van der Waals surface area contributed by atoms with Crippen molar-refractivity contribution in [2.24, 2.45) is 17.6 Å². The molecule has 20 heavy (non-hydrogen) atoms.